The molecule has 5 heterocycles. The van der Waals surface area contributed by atoms with Gasteiger partial charge in [-0.2, -0.15) is 4.98 Å². The fraction of sp³-hybridized carbons (Fsp3) is 0.542. The van der Waals surface area contributed by atoms with E-state index in [1.807, 2.05) is 17.0 Å². The van der Waals surface area contributed by atoms with Crippen LogP contribution in [-0.2, 0) is 16.0 Å². The summed E-state index contributed by atoms with van der Waals surface area (Å²) in [4.78, 5) is 44.5. The number of carbonyl (C=O) groups is 2. The van der Waals surface area contributed by atoms with Gasteiger partial charge in [0.15, 0.2) is 0 Å². The van der Waals surface area contributed by atoms with Crippen LogP contribution in [0.5, 0.6) is 0 Å². The number of hydrogen-bond donors (Lipinski definition) is 3. The van der Waals surface area contributed by atoms with E-state index in [4.69, 9.17) is 4.98 Å². The predicted molar refractivity (Wildman–Crippen MR) is 128 cm³/mol. The summed E-state index contributed by atoms with van der Waals surface area (Å²) in [7, 11) is 0. The molecule has 0 radical (unpaired) electrons. The molecule has 4 aliphatic rings. The van der Waals surface area contributed by atoms with Crippen molar-refractivity contribution >= 4 is 35.1 Å². The fourth-order valence-electron chi connectivity index (χ4n) is 5.73. The minimum absolute atomic E-state index is 0.0829. The highest BCUT2D eigenvalue weighted by molar-refractivity contribution is 6.14. The van der Waals surface area contributed by atoms with Crippen LogP contribution in [0.1, 0.15) is 37.7 Å². The van der Waals surface area contributed by atoms with E-state index >= 15 is 0 Å². The lowest BCUT2D eigenvalue weighted by molar-refractivity contribution is -0.140. The van der Waals surface area contributed by atoms with Gasteiger partial charge in [-0.3, -0.25) is 14.5 Å². The Morgan fingerprint density at radius 1 is 1.03 bits per heavy atom. The van der Waals surface area contributed by atoms with Crippen LogP contribution in [0.25, 0.3) is 0 Å². The van der Waals surface area contributed by atoms with Gasteiger partial charge in [0, 0.05) is 56.9 Å². The highest BCUT2D eigenvalue weighted by Gasteiger charge is 2.56. The van der Waals surface area contributed by atoms with Crippen LogP contribution in [0.2, 0.25) is 0 Å². The normalized spacial score (nSPS) is 25.1. The largest absolute Gasteiger partial charge is 0.355 e. The second-order valence-electron chi connectivity index (χ2n) is 9.69. The fourth-order valence-corrected chi connectivity index (χ4v) is 5.73. The Bertz CT molecular complexity index is 1090. The van der Waals surface area contributed by atoms with Gasteiger partial charge in [0.25, 0.3) is 0 Å². The van der Waals surface area contributed by atoms with Gasteiger partial charge < -0.3 is 20.9 Å². The van der Waals surface area contributed by atoms with E-state index in [1.54, 1.807) is 12.4 Å². The number of nitrogens with zero attached hydrogens (tertiary/aromatic N) is 5. The maximum absolute atomic E-state index is 13.7. The average molecular weight is 463 g/mol. The van der Waals surface area contributed by atoms with Crippen molar-refractivity contribution < 1.29 is 9.59 Å². The first-order chi connectivity index (χ1) is 16.6. The number of rotatable bonds is 4. The molecule has 2 aromatic rings. The summed E-state index contributed by atoms with van der Waals surface area (Å²) in [6.45, 7) is 4.35. The molecule has 3 fully saturated rings. The maximum Gasteiger partial charge on any atom is 0.244 e. The number of nitrogens with one attached hydrogen (secondary N) is 3. The highest BCUT2D eigenvalue weighted by Crippen LogP contribution is 2.44. The minimum atomic E-state index is -1.02. The molecular formula is C24H30N8O2. The van der Waals surface area contributed by atoms with E-state index in [2.05, 4.69) is 30.8 Å². The molecule has 6 rings (SSSR count). The molecule has 2 amide bonds. The molecule has 3 aliphatic heterocycles. The lowest BCUT2D eigenvalue weighted by Gasteiger charge is -2.40. The smallest absolute Gasteiger partial charge is 0.244 e. The minimum Gasteiger partial charge on any atom is -0.355 e. The third-order valence-electron chi connectivity index (χ3n) is 7.60. The van der Waals surface area contributed by atoms with Gasteiger partial charge in [-0.1, -0.05) is 12.8 Å². The van der Waals surface area contributed by atoms with Crippen LogP contribution in [-0.4, -0.2) is 65.5 Å². The lowest BCUT2D eigenvalue weighted by atomic mass is 9.76. The zero-order valence-corrected chi connectivity index (χ0v) is 19.2. The summed E-state index contributed by atoms with van der Waals surface area (Å²) in [5.41, 5.74) is 0.638. The summed E-state index contributed by atoms with van der Waals surface area (Å²) in [6.07, 6.45) is 8.50. The Labute approximate surface area is 198 Å². The molecule has 2 aromatic heterocycles. The molecule has 2 saturated heterocycles. The van der Waals surface area contributed by atoms with Gasteiger partial charge in [0.1, 0.15) is 17.1 Å². The number of pyridine rings is 1. The van der Waals surface area contributed by atoms with Crippen LogP contribution in [0, 0.1) is 5.41 Å². The molecule has 10 nitrogen and oxygen atoms in total. The zero-order chi connectivity index (χ0) is 23.1. The SMILES string of the molecule is O=C1NCCC12Cc1cnc(Nc3ccc(N4CCNCC4)nc3)nc1N(C1CCCC1)C2=O. The molecule has 34 heavy (non-hydrogen) atoms. The van der Waals surface area contributed by atoms with Crippen molar-refractivity contribution in [3.63, 3.8) is 0 Å². The Morgan fingerprint density at radius 2 is 1.85 bits per heavy atom. The van der Waals surface area contributed by atoms with E-state index < -0.39 is 5.41 Å². The summed E-state index contributed by atoms with van der Waals surface area (Å²) in [5, 5.41) is 9.47. The van der Waals surface area contributed by atoms with E-state index in [-0.39, 0.29) is 17.9 Å². The third kappa shape index (κ3) is 3.56. The summed E-state index contributed by atoms with van der Waals surface area (Å²) < 4.78 is 0. The van der Waals surface area contributed by atoms with Gasteiger partial charge in [0.05, 0.1) is 11.9 Å². The molecule has 1 atom stereocenters. The van der Waals surface area contributed by atoms with Gasteiger partial charge in [0.2, 0.25) is 17.8 Å². The van der Waals surface area contributed by atoms with Crippen LogP contribution >= 0.6 is 0 Å². The molecule has 1 aliphatic carbocycles. The number of fused-ring (bicyclic) bond motifs is 1. The Kier molecular flexibility index (Phi) is 5.32. The monoisotopic (exact) mass is 462 g/mol. The van der Waals surface area contributed by atoms with Gasteiger partial charge in [-0.15, -0.1) is 0 Å². The maximum atomic E-state index is 13.7. The van der Waals surface area contributed by atoms with Gasteiger partial charge in [-0.25, -0.2) is 9.97 Å². The molecule has 1 unspecified atom stereocenters. The number of hydrogen-bond acceptors (Lipinski definition) is 8. The Morgan fingerprint density at radius 3 is 2.56 bits per heavy atom. The number of anilines is 4. The van der Waals surface area contributed by atoms with Crippen LogP contribution in [0.3, 0.4) is 0 Å². The van der Waals surface area contributed by atoms with Gasteiger partial charge >= 0.3 is 0 Å². The van der Waals surface area contributed by atoms with Crippen molar-refractivity contribution in [3.05, 3.63) is 30.1 Å². The summed E-state index contributed by atoms with van der Waals surface area (Å²) >= 11 is 0. The second kappa shape index (κ2) is 8.50. The van der Waals surface area contributed by atoms with Crippen molar-refractivity contribution in [2.45, 2.75) is 44.6 Å². The Hall–Kier alpha value is -3.27. The molecule has 0 bridgehead atoms. The quantitative estimate of drug-likeness (QED) is 0.584. The highest BCUT2D eigenvalue weighted by atomic mass is 16.2. The van der Waals surface area contributed by atoms with Crippen molar-refractivity contribution in [3.8, 4) is 0 Å². The van der Waals surface area contributed by atoms with Crippen molar-refractivity contribution in [1.29, 1.82) is 0 Å². The molecule has 0 aromatic carbocycles. The molecule has 1 saturated carbocycles. The molecule has 178 valence electrons. The lowest BCUT2D eigenvalue weighted by Crippen LogP contribution is -2.56. The number of piperazine rings is 1. The molecule has 10 heteroatoms. The molecular weight excluding hydrogens is 432 g/mol. The summed E-state index contributed by atoms with van der Waals surface area (Å²) in [5.74, 6) is 1.76. The van der Waals surface area contributed by atoms with Crippen LogP contribution < -0.4 is 25.8 Å². The number of amides is 2. The Balaban J connectivity index is 1.28. The topological polar surface area (TPSA) is 115 Å². The van der Waals surface area contributed by atoms with Crippen molar-refractivity contribution in [2.24, 2.45) is 5.41 Å². The summed E-state index contributed by atoms with van der Waals surface area (Å²) in [6, 6.07) is 4.06. The van der Waals surface area contributed by atoms with E-state index in [1.165, 1.54) is 0 Å². The van der Waals surface area contributed by atoms with Crippen molar-refractivity contribution in [2.75, 3.05) is 47.8 Å². The van der Waals surface area contributed by atoms with Crippen LogP contribution in [0.15, 0.2) is 24.5 Å². The average Bonchev–Trinajstić information content (AvgIpc) is 3.52. The van der Waals surface area contributed by atoms with Crippen molar-refractivity contribution in [1.82, 2.24) is 25.6 Å². The van der Waals surface area contributed by atoms with E-state index in [0.717, 1.165) is 68.9 Å². The van der Waals surface area contributed by atoms with Gasteiger partial charge in [-0.05, 0) is 31.4 Å². The zero-order valence-electron chi connectivity index (χ0n) is 19.2. The predicted octanol–water partition coefficient (Wildman–Crippen LogP) is 1.36. The van der Waals surface area contributed by atoms with E-state index in [0.29, 0.717) is 31.2 Å². The third-order valence-corrected chi connectivity index (χ3v) is 7.60. The first-order valence-electron chi connectivity index (χ1n) is 12.3. The van der Waals surface area contributed by atoms with E-state index in [9.17, 15) is 9.59 Å². The number of carbonyl (C=O) groups excluding carboxylic acids is 2. The standard InChI is InChI=1S/C24H30N8O2/c33-21-24(7-8-26-21)13-16-14-28-23(30-20(16)32(22(24)34)18-3-1-2-4-18)29-17-5-6-19(27-15-17)31-11-9-25-10-12-31/h5-6,14-15,18,25H,1-4,7-13H2,(H,26,33)(H,28,29,30). The number of aromatic nitrogens is 3. The first-order valence-corrected chi connectivity index (χ1v) is 12.3. The second-order valence-corrected chi connectivity index (χ2v) is 9.69. The first kappa shape index (κ1) is 21.3. The molecule has 3 N–H and O–H groups in total. The van der Waals surface area contributed by atoms with Crippen LogP contribution in [0.4, 0.5) is 23.3 Å². The molecule has 1 spiro atoms.